The van der Waals surface area contributed by atoms with Crippen molar-refractivity contribution in [2.24, 2.45) is 0 Å². The number of hydrogen-bond donors (Lipinski definition) is 0. The van der Waals surface area contributed by atoms with Crippen LogP contribution in [0.1, 0.15) is 11.1 Å². The molecule has 0 saturated carbocycles. The quantitative estimate of drug-likeness (QED) is 0.724. The minimum Gasteiger partial charge on any atom is -0.326 e. The van der Waals surface area contributed by atoms with E-state index in [0.29, 0.717) is 0 Å². The average Bonchev–Trinajstić information content (AvgIpc) is 3.26. The van der Waals surface area contributed by atoms with Crippen LogP contribution in [0.4, 0.5) is 23.0 Å². The van der Waals surface area contributed by atoms with Gasteiger partial charge in [-0.15, -0.1) is 0 Å². The standard InChI is InChI=1S/C18H16N6/c1-5-19-10-13-3-7-23(15(1)13)17-9-18(22-12-21-17)24-8-4-14-11-20-6-2-16(14)24/h1-2,5-6,9-12H,3-4,7-8H2. The number of hydrogen-bond acceptors (Lipinski definition) is 6. The molecule has 0 saturated heterocycles. The second-order valence-electron chi connectivity index (χ2n) is 6.05. The fraction of sp³-hybridized carbons (Fsp3) is 0.222. The van der Waals surface area contributed by atoms with E-state index < -0.39 is 0 Å². The highest BCUT2D eigenvalue weighted by molar-refractivity contribution is 5.72. The van der Waals surface area contributed by atoms with E-state index in [0.717, 1.165) is 37.6 Å². The number of anilines is 4. The summed E-state index contributed by atoms with van der Waals surface area (Å²) in [5, 5.41) is 0. The van der Waals surface area contributed by atoms with Gasteiger partial charge in [0.2, 0.25) is 0 Å². The lowest BCUT2D eigenvalue weighted by molar-refractivity contribution is 0.937. The van der Waals surface area contributed by atoms with E-state index >= 15 is 0 Å². The average molecular weight is 316 g/mol. The molecule has 2 aliphatic heterocycles. The summed E-state index contributed by atoms with van der Waals surface area (Å²) < 4.78 is 0. The number of rotatable bonds is 2. The van der Waals surface area contributed by atoms with Crippen molar-refractivity contribution in [1.82, 2.24) is 19.9 Å². The highest BCUT2D eigenvalue weighted by Gasteiger charge is 2.25. The van der Waals surface area contributed by atoms with Crippen molar-refractivity contribution in [1.29, 1.82) is 0 Å². The van der Waals surface area contributed by atoms with Crippen LogP contribution in [0.15, 0.2) is 49.3 Å². The van der Waals surface area contributed by atoms with Crippen molar-refractivity contribution in [3.63, 3.8) is 0 Å². The van der Waals surface area contributed by atoms with Crippen LogP contribution in [0.5, 0.6) is 0 Å². The van der Waals surface area contributed by atoms with Gasteiger partial charge < -0.3 is 9.80 Å². The Balaban J connectivity index is 1.52. The maximum absolute atomic E-state index is 4.50. The van der Waals surface area contributed by atoms with E-state index in [1.54, 1.807) is 6.33 Å². The number of nitrogens with zero attached hydrogens (tertiary/aromatic N) is 6. The van der Waals surface area contributed by atoms with Gasteiger partial charge in [-0.2, -0.15) is 0 Å². The summed E-state index contributed by atoms with van der Waals surface area (Å²) in [6.45, 7) is 1.86. The van der Waals surface area contributed by atoms with Crippen molar-refractivity contribution in [2.75, 3.05) is 22.9 Å². The van der Waals surface area contributed by atoms with Crippen molar-refractivity contribution in [3.8, 4) is 0 Å². The fourth-order valence-electron chi connectivity index (χ4n) is 3.57. The van der Waals surface area contributed by atoms with Crippen molar-refractivity contribution >= 4 is 23.0 Å². The molecular weight excluding hydrogens is 300 g/mol. The first-order valence-electron chi connectivity index (χ1n) is 8.13. The zero-order valence-corrected chi connectivity index (χ0v) is 13.1. The van der Waals surface area contributed by atoms with E-state index in [1.807, 2.05) is 24.8 Å². The van der Waals surface area contributed by atoms with E-state index in [1.165, 1.54) is 22.5 Å². The van der Waals surface area contributed by atoms with Crippen LogP contribution in [-0.4, -0.2) is 33.0 Å². The summed E-state index contributed by atoms with van der Waals surface area (Å²) in [7, 11) is 0. The summed E-state index contributed by atoms with van der Waals surface area (Å²) in [6.07, 6.45) is 11.2. The van der Waals surface area contributed by atoms with Gasteiger partial charge in [-0.3, -0.25) is 9.97 Å². The van der Waals surface area contributed by atoms with Crippen molar-refractivity contribution in [2.45, 2.75) is 12.8 Å². The largest absolute Gasteiger partial charge is 0.326 e. The zero-order valence-electron chi connectivity index (χ0n) is 13.1. The molecular formula is C18H16N6. The topological polar surface area (TPSA) is 58.0 Å². The van der Waals surface area contributed by atoms with Gasteiger partial charge in [0.05, 0.1) is 0 Å². The summed E-state index contributed by atoms with van der Waals surface area (Å²) in [6, 6.07) is 6.19. The molecule has 3 aromatic rings. The van der Waals surface area contributed by atoms with Gasteiger partial charge in [0.25, 0.3) is 0 Å². The molecule has 0 aliphatic carbocycles. The third-order valence-electron chi connectivity index (χ3n) is 4.74. The maximum atomic E-state index is 4.50. The summed E-state index contributed by atoms with van der Waals surface area (Å²) >= 11 is 0. The van der Waals surface area contributed by atoms with Crippen LogP contribution < -0.4 is 9.80 Å². The van der Waals surface area contributed by atoms with Crippen molar-refractivity contribution < 1.29 is 0 Å². The Morgan fingerprint density at radius 3 is 1.83 bits per heavy atom. The molecule has 0 amide bonds. The van der Waals surface area contributed by atoms with E-state index in [2.05, 4.69) is 47.9 Å². The lowest BCUT2D eigenvalue weighted by atomic mass is 10.2. The first-order valence-corrected chi connectivity index (χ1v) is 8.13. The predicted octanol–water partition coefficient (Wildman–Crippen LogP) is 2.66. The Morgan fingerprint density at radius 2 is 1.29 bits per heavy atom. The molecule has 0 radical (unpaired) electrons. The van der Waals surface area contributed by atoms with E-state index in [4.69, 9.17) is 0 Å². The molecule has 0 atom stereocenters. The SMILES string of the molecule is c1cc2c(cn1)CCN2c1cc(N2CCc3cnccc32)ncn1. The molecule has 6 nitrogen and oxygen atoms in total. The van der Waals surface area contributed by atoms with Gasteiger partial charge in [0.1, 0.15) is 18.0 Å². The van der Waals surface area contributed by atoms with Gasteiger partial charge in [0, 0.05) is 55.3 Å². The first-order chi connectivity index (χ1) is 11.9. The molecule has 118 valence electrons. The molecule has 6 heteroatoms. The Hall–Kier alpha value is -3.02. The maximum Gasteiger partial charge on any atom is 0.138 e. The van der Waals surface area contributed by atoms with E-state index in [9.17, 15) is 0 Å². The normalized spacial score (nSPS) is 15.5. The Bertz CT molecular complexity index is 839. The van der Waals surface area contributed by atoms with Gasteiger partial charge >= 0.3 is 0 Å². The van der Waals surface area contributed by atoms with Crippen LogP contribution in [0.2, 0.25) is 0 Å². The third-order valence-corrected chi connectivity index (χ3v) is 4.74. The van der Waals surface area contributed by atoms with Crippen LogP contribution in [0.25, 0.3) is 0 Å². The molecule has 2 aliphatic rings. The fourth-order valence-corrected chi connectivity index (χ4v) is 3.57. The summed E-state index contributed by atoms with van der Waals surface area (Å²) in [5.41, 5.74) is 4.94. The molecule has 3 aromatic heterocycles. The summed E-state index contributed by atoms with van der Waals surface area (Å²) in [5.74, 6) is 1.87. The Labute approximate surface area is 139 Å². The molecule has 5 rings (SSSR count). The Kier molecular flexibility index (Phi) is 2.94. The molecule has 24 heavy (non-hydrogen) atoms. The van der Waals surface area contributed by atoms with Gasteiger partial charge in [-0.05, 0) is 36.1 Å². The minimum atomic E-state index is 0.929. The lowest BCUT2D eigenvalue weighted by Crippen LogP contribution is -2.18. The third kappa shape index (κ3) is 2.03. The van der Waals surface area contributed by atoms with Crippen LogP contribution in [-0.2, 0) is 12.8 Å². The zero-order chi connectivity index (χ0) is 15.9. The number of fused-ring (bicyclic) bond motifs is 2. The Morgan fingerprint density at radius 1 is 0.750 bits per heavy atom. The minimum absolute atomic E-state index is 0.929. The summed E-state index contributed by atoms with van der Waals surface area (Å²) in [4.78, 5) is 21.9. The van der Waals surface area contributed by atoms with Gasteiger partial charge in [0.15, 0.2) is 0 Å². The molecule has 0 spiro atoms. The van der Waals surface area contributed by atoms with Crippen molar-refractivity contribution in [3.05, 3.63) is 60.4 Å². The van der Waals surface area contributed by atoms with E-state index in [-0.39, 0.29) is 0 Å². The molecule has 0 N–H and O–H groups in total. The monoisotopic (exact) mass is 316 g/mol. The highest BCUT2D eigenvalue weighted by Crippen LogP contribution is 2.36. The second kappa shape index (κ2) is 5.26. The van der Waals surface area contributed by atoms with Crippen LogP contribution >= 0.6 is 0 Å². The first kappa shape index (κ1) is 13.4. The molecule has 5 heterocycles. The predicted molar refractivity (Wildman–Crippen MR) is 91.9 cm³/mol. The van der Waals surface area contributed by atoms with Crippen LogP contribution in [0, 0.1) is 0 Å². The molecule has 0 bridgehead atoms. The van der Waals surface area contributed by atoms with Gasteiger partial charge in [-0.25, -0.2) is 9.97 Å². The number of aromatic nitrogens is 4. The molecule has 0 unspecified atom stereocenters. The smallest absolute Gasteiger partial charge is 0.138 e. The van der Waals surface area contributed by atoms with Gasteiger partial charge in [-0.1, -0.05) is 0 Å². The molecule has 0 fully saturated rings. The number of pyridine rings is 2. The van der Waals surface area contributed by atoms with Crippen LogP contribution in [0.3, 0.4) is 0 Å². The lowest BCUT2D eigenvalue weighted by Gasteiger charge is -2.22. The second-order valence-corrected chi connectivity index (χ2v) is 6.05. The highest BCUT2D eigenvalue weighted by atomic mass is 15.3. The molecule has 0 aromatic carbocycles.